The van der Waals surface area contributed by atoms with E-state index in [0.717, 1.165) is 18.4 Å². The number of hydrogen-bond acceptors (Lipinski definition) is 3. The van der Waals surface area contributed by atoms with Crippen molar-refractivity contribution in [3.63, 3.8) is 0 Å². The zero-order valence-corrected chi connectivity index (χ0v) is 12.4. The van der Waals surface area contributed by atoms with Gasteiger partial charge in [-0.2, -0.15) is 0 Å². The van der Waals surface area contributed by atoms with E-state index in [1.807, 2.05) is 0 Å². The summed E-state index contributed by atoms with van der Waals surface area (Å²) in [6.07, 6.45) is 1.88. The van der Waals surface area contributed by atoms with Crippen molar-refractivity contribution in [1.29, 1.82) is 0 Å². The average Bonchev–Trinajstić information content (AvgIpc) is 2.33. The summed E-state index contributed by atoms with van der Waals surface area (Å²) < 4.78 is 5.54. The molecule has 0 atom stereocenters. The first kappa shape index (κ1) is 15.8. The number of rotatable bonds is 6. The fraction of sp³-hybridized carbons (Fsp3) is 0.571. The van der Waals surface area contributed by atoms with E-state index in [1.165, 1.54) is 6.07 Å². The van der Waals surface area contributed by atoms with E-state index < -0.39 is 4.92 Å². The summed E-state index contributed by atoms with van der Waals surface area (Å²) in [7, 11) is 0. The smallest absolute Gasteiger partial charge is 0.310 e. The van der Waals surface area contributed by atoms with Crippen LogP contribution in [0.1, 0.15) is 39.2 Å². The van der Waals surface area contributed by atoms with Gasteiger partial charge in [-0.3, -0.25) is 10.1 Å². The first-order valence-electron chi connectivity index (χ1n) is 6.29. The molecule has 0 amide bonds. The van der Waals surface area contributed by atoms with Crippen LogP contribution in [0.5, 0.6) is 5.75 Å². The van der Waals surface area contributed by atoms with Gasteiger partial charge in [0.2, 0.25) is 0 Å². The number of hydrogen-bond donors (Lipinski definition) is 0. The highest BCUT2D eigenvalue weighted by Gasteiger charge is 2.16. The highest BCUT2D eigenvalue weighted by Crippen LogP contribution is 2.29. The summed E-state index contributed by atoms with van der Waals surface area (Å²) in [5, 5.41) is 10.9. The summed E-state index contributed by atoms with van der Waals surface area (Å²) in [6.45, 7) is 6.94. The third kappa shape index (κ3) is 5.47. The van der Waals surface area contributed by atoms with Gasteiger partial charge in [-0.15, -0.1) is 11.6 Å². The SMILES string of the molecule is CC(C)(C)CCCOc1cc(CCl)ccc1[N+](=O)[O-]. The topological polar surface area (TPSA) is 52.4 Å². The first-order chi connectivity index (χ1) is 8.83. The summed E-state index contributed by atoms with van der Waals surface area (Å²) in [5.41, 5.74) is 1.05. The minimum Gasteiger partial charge on any atom is -0.487 e. The molecule has 0 aliphatic heterocycles. The zero-order valence-electron chi connectivity index (χ0n) is 11.6. The van der Waals surface area contributed by atoms with E-state index in [-0.39, 0.29) is 11.1 Å². The minimum atomic E-state index is -0.433. The van der Waals surface area contributed by atoms with Crippen LogP contribution in [-0.4, -0.2) is 11.5 Å². The second kappa shape index (κ2) is 6.75. The number of halogens is 1. The normalized spacial score (nSPS) is 11.4. The van der Waals surface area contributed by atoms with Crippen molar-refractivity contribution in [2.75, 3.05) is 6.61 Å². The second-order valence-electron chi connectivity index (χ2n) is 5.71. The average molecular weight is 286 g/mol. The number of nitro benzene ring substituents is 1. The van der Waals surface area contributed by atoms with Crippen molar-refractivity contribution in [3.8, 4) is 5.75 Å². The summed E-state index contributed by atoms with van der Waals surface area (Å²) in [5.74, 6) is 0.619. The number of ether oxygens (including phenoxy) is 1. The molecule has 1 rings (SSSR count). The highest BCUT2D eigenvalue weighted by molar-refractivity contribution is 6.17. The maximum absolute atomic E-state index is 10.9. The molecule has 0 saturated heterocycles. The monoisotopic (exact) mass is 285 g/mol. The van der Waals surface area contributed by atoms with Crippen molar-refractivity contribution in [2.24, 2.45) is 5.41 Å². The van der Waals surface area contributed by atoms with Gasteiger partial charge in [0, 0.05) is 11.9 Å². The van der Waals surface area contributed by atoms with E-state index >= 15 is 0 Å². The van der Waals surface area contributed by atoms with Gasteiger partial charge in [-0.05, 0) is 29.9 Å². The Balaban J connectivity index is 2.67. The third-order valence-corrected chi connectivity index (χ3v) is 3.01. The lowest BCUT2D eigenvalue weighted by atomic mass is 9.91. The molecule has 4 nitrogen and oxygen atoms in total. The van der Waals surface area contributed by atoms with Gasteiger partial charge in [0.05, 0.1) is 11.5 Å². The van der Waals surface area contributed by atoms with Crippen LogP contribution in [0.3, 0.4) is 0 Å². The second-order valence-corrected chi connectivity index (χ2v) is 5.97. The van der Waals surface area contributed by atoms with Crippen LogP contribution in [-0.2, 0) is 5.88 Å². The lowest BCUT2D eigenvalue weighted by Crippen LogP contribution is -2.08. The molecule has 0 saturated carbocycles. The van der Waals surface area contributed by atoms with Crippen LogP contribution in [0.4, 0.5) is 5.69 Å². The predicted octanol–water partition coefficient (Wildman–Crippen LogP) is 4.54. The number of nitrogens with zero attached hydrogens (tertiary/aromatic N) is 1. The molecule has 0 unspecified atom stereocenters. The van der Waals surface area contributed by atoms with Crippen molar-refractivity contribution in [1.82, 2.24) is 0 Å². The Hall–Kier alpha value is -1.29. The van der Waals surface area contributed by atoms with Crippen molar-refractivity contribution < 1.29 is 9.66 Å². The number of benzene rings is 1. The summed E-state index contributed by atoms with van der Waals surface area (Å²) in [4.78, 5) is 10.5. The molecule has 5 heteroatoms. The Bertz CT molecular complexity index is 441. The molecule has 1 aromatic rings. The molecular formula is C14H20ClNO3. The molecule has 0 aliphatic rings. The summed E-state index contributed by atoms with van der Waals surface area (Å²) >= 11 is 5.73. The number of nitro groups is 1. The Morgan fingerprint density at radius 2 is 2.05 bits per heavy atom. The van der Waals surface area contributed by atoms with Gasteiger partial charge in [0.1, 0.15) is 0 Å². The molecule has 0 aliphatic carbocycles. The lowest BCUT2D eigenvalue weighted by molar-refractivity contribution is -0.385. The van der Waals surface area contributed by atoms with Crippen LogP contribution >= 0.6 is 11.6 Å². The van der Waals surface area contributed by atoms with Gasteiger partial charge >= 0.3 is 5.69 Å². The van der Waals surface area contributed by atoms with Crippen molar-refractivity contribution in [2.45, 2.75) is 39.5 Å². The molecule has 0 radical (unpaired) electrons. The van der Waals surface area contributed by atoms with Gasteiger partial charge < -0.3 is 4.74 Å². The van der Waals surface area contributed by atoms with Gasteiger partial charge in [0.15, 0.2) is 5.75 Å². The molecular weight excluding hydrogens is 266 g/mol. The highest BCUT2D eigenvalue weighted by atomic mass is 35.5. The Kier molecular flexibility index (Phi) is 5.60. The van der Waals surface area contributed by atoms with Crippen molar-refractivity contribution in [3.05, 3.63) is 33.9 Å². The van der Waals surface area contributed by atoms with E-state index in [1.54, 1.807) is 12.1 Å². The van der Waals surface area contributed by atoms with Crippen LogP contribution in [0.2, 0.25) is 0 Å². The molecule has 0 aromatic heterocycles. The van der Waals surface area contributed by atoms with E-state index in [2.05, 4.69) is 20.8 Å². The minimum absolute atomic E-state index is 0.00961. The van der Waals surface area contributed by atoms with E-state index in [4.69, 9.17) is 16.3 Å². The van der Waals surface area contributed by atoms with E-state index in [0.29, 0.717) is 18.2 Å². The standard InChI is InChI=1S/C14H20ClNO3/c1-14(2,3)7-4-8-19-13-9-11(10-15)5-6-12(13)16(17)18/h5-6,9H,4,7-8,10H2,1-3H3. The Labute approximate surface area is 118 Å². The molecule has 0 bridgehead atoms. The van der Waals surface area contributed by atoms with Crippen LogP contribution < -0.4 is 4.74 Å². The van der Waals surface area contributed by atoms with Gasteiger partial charge in [0.25, 0.3) is 0 Å². The third-order valence-electron chi connectivity index (χ3n) is 2.70. The predicted molar refractivity (Wildman–Crippen MR) is 76.8 cm³/mol. The zero-order chi connectivity index (χ0) is 14.5. The molecule has 0 spiro atoms. The largest absolute Gasteiger partial charge is 0.487 e. The summed E-state index contributed by atoms with van der Waals surface area (Å²) in [6, 6.07) is 4.73. The van der Waals surface area contributed by atoms with E-state index in [9.17, 15) is 10.1 Å². The lowest BCUT2D eigenvalue weighted by Gasteiger charge is -2.17. The van der Waals surface area contributed by atoms with Crippen LogP contribution in [0.15, 0.2) is 18.2 Å². The molecule has 106 valence electrons. The van der Waals surface area contributed by atoms with Crippen LogP contribution in [0, 0.1) is 15.5 Å². The quantitative estimate of drug-likeness (QED) is 0.334. The molecule has 0 heterocycles. The van der Waals surface area contributed by atoms with Crippen molar-refractivity contribution >= 4 is 17.3 Å². The molecule has 1 aromatic carbocycles. The van der Waals surface area contributed by atoms with Crippen LogP contribution in [0.25, 0.3) is 0 Å². The molecule has 0 N–H and O–H groups in total. The Morgan fingerprint density at radius 1 is 1.37 bits per heavy atom. The maximum Gasteiger partial charge on any atom is 0.310 e. The maximum atomic E-state index is 10.9. The molecule has 19 heavy (non-hydrogen) atoms. The fourth-order valence-electron chi connectivity index (χ4n) is 1.69. The molecule has 0 fully saturated rings. The number of alkyl halides is 1. The first-order valence-corrected chi connectivity index (χ1v) is 6.83. The fourth-order valence-corrected chi connectivity index (χ4v) is 1.86. The van der Waals surface area contributed by atoms with Gasteiger partial charge in [-0.25, -0.2) is 0 Å². The Morgan fingerprint density at radius 3 is 2.58 bits per heavy atom. The van der Waals surface area contributed by atoms with Gasteiger partial charge in [-0.1, -0.05) is 26.8 Å².